The summed E-state index contributed by atoms with van der Waals surface area (Å²) in [7, 11) is 1.52. The summed E-state index contributed by atoms with van der Waals surface area (Å²) in [6.07, 6.45) is -0.892. The molecule has 0 fully saturated rings. The van der Waals surface area contributed by atoms with E-state index in [2.05, 4.69) is 4.98 Å². The lowest BCUT2D eigenvalue weighted by atomic mass is 10.0. The Hall–Kier alpha value is -3.08. The van der Waals surface area contributed by atoms with Gasteiger partial charge in [0.2, 0.25) is 5.78 Å². The molecule has 25 heavy (non-hydrogen) atoms. The van der Waals surface area contributed by atoms with Crippen molar-refractivity contribution >= 4 is 22.7 Å². The topological polar surface area (TPSA) is 68.4 Å². The van der Waals surface area contributed by atoms with Crippen molar-refractivity contribution < 1.29 is 19.1 Å². The highest BCUT2D eigenvalue weighted by Crippen LogP contribution is 2.24. The average molecular weight is 337 g/mol. The van der Waals surface area contributed by atoms with Gasteiger partial charge in [0.1, 0.15) is 5.75 Å². The van der Waals surface area contributed by atoms with Gasteiger partial charge in [-0.1, -0.05) is 24.3 Å². The summed E-state index contributed by atoms with van der Waals surface area (Å²) < 4.78 is 10.5. The summed E-state index contributed by atoms with van der Waals surface area (Å²) in [5, 5.41) is 0.828. The molecule has 0 saturated carbocycles. The Morgan fingerprint density at radius 3 is 2.60 bits per heavy atom. The normalized spacial score (nSPS) is 12.0. The number of aryl methyl sites for hydroxylation is 1. The van der Waals surface area contributed by atoms with Crippen LogP contribution in [0.15, 0.2) is 48.5 Å². The monoisotopic (exact) mass is 337 g/mol. The SMILES string of the molecule is COc1cccc(C(=O)O[C@@H](C)C(=O)c2c(C)[nH]c3ccccc23)c1. The number of para-hydroxylation sites is 1. The molecule has 2 aromatic carbocycles. The lowest BCUT2D eigenvalue weighted by Crippen LogP contribution is -2.24. The second-order valence-electron chi connectivity index (χ2n) is 5.81. The molecule has 0 amide bonds. The second kappa shape index (κ2) is 6.81. The minimum atomic E-state index is -0.892. The highest BCUT2D eigenvalue weighted by molar-refractivity contribution is 6.11. The number of carbonyl (C=O) groups excluding carboxylic acids is 2. The molecule has 0 spiro atoms. The Labute approximate surface area is 145 Å². The van der Waals surface area contributed by atoms with Gasteiger partial charge >= 0.3 is 5.97 Å². The van der Waals surface area contributed by atoms with E-state index < -0.39 is 12.1 Å². The highest BCUT2D eigenvalue weighted by atomic mass is 16.5. The van der Waals surface area contributed by atoms with Crippen LogP contribution in [0.2, 0.25) is 0 Å². The highest BCUT2D eigenvalue weighted by Gasteiger charge is 2.24. The number of carbonyl (C=O) groups is 2. The van der Waals surface area contributed by atoms with Crippen LogP contribution in [-0.2, 0) is 4.74 Å². The predicted octanol–water partition coefficient (Wildman–Crippen LogP) is 3.91. The van der Waals surface area contributed by atoms with Gasteiger partial charge in [-0.05, 0) is 38.1 Å². The van der Waals surface area contributed by atoms with Gasteiger partial charge in [0.05, 0.1) is 12.7 Å². The number of H-pyrrole nitrogens is 1. The molecule has 1 atom stereocenters. The molecule has 5 heteroatoms. The van der Waals surface area contributed by atoms with E-state index in [1.54, 1.807) is 31.2 Å². The lowest BCUT2D eigenvalue weighted by Gasteiger charge is -2.13. The standard InChI is InChI=1S/C20H19NO4/c1-12-18(16-9-4-5-10-17(16)21-12)19(22)13(2)25-20(23)14-7-6-8-15(11-14)24-3/h4-11,13,21H,1-3H3/t13-/m0/s1. The van der Waals surface area contributed by atoms with Gasteiger partial charge in [0.25, 0.3) is 0 Å². The molecule has 128 valence electrons. The maximum atomic E-state index is 12.8. The van der Waals surface area contributed by atoms with Gasteiger partial charge in [0.15, 0.2) is 6.10 Å². The summed E-state index contributed by atoms with van der Waals surface area (Å²) in [5.74, 6) is -0.232. The molecule has 3 aromatic rings. The van der Waals surface area contributed by atoms with Crippen LogP contribution in [-0.4, -0.2) is 30.0 Å². The zero-order valence-electron chi connectivity index (χ0n) is 14.3. The van der Waals surface area contributed by atoms with Crippen molar-refractivity contribution in [3.63, 3.8) is 0 Å². The van der Waals surface area contributed by atoms with E-state index in [9.17, 15) is 9.59 Å². The second-order valence-corrected chi connectivity index (χ2v) is 5.81. The molecule has 0 unspecified atom stereocenters. The number of fused-ring (bicyclic) bond motifs is 1. The van der Waals surface area contributed by atoms with E-state index in [0.29, 0.717) is 16.9 Å². The van der Waals surface area contributed by atoms with Crippen LogP contribution in [0.5, 0.6) is 5.75 Å². The van der Waals surface area contributed by atoms with Gasteiger partial charge < -0.3 is 14.5 Å². The smallest absolute Gasteiger partial charge is 0.338 e. The first-order valence-corrected chi connectivity index (χ1v) is 7.98. The van der Waals surface area contributed by atoms with Crippen LogP contribution in [0.3, 0.4) is 0 Å². The summed E-state index contributed by atoms with van der Waals surface area (Å²) >= 11 is 0. The van der Waals surface area contributed by atoms with Gasteiger partial charge in [0, 0.05) is 22.2 Å². The van der Waals surface area contributed by atoms with Gasteiger partial charge in [-0.3, -0.25) is 4.79 Å². The molecule has 0 saturated heterocycles. The molecule has 1 heterocycles. The summed E-state index contributed by atoms with van der Waals surface area (Å²) in [5.41, 5.74) is 2.54. The molecule has 0 radical (unpaired) electrons. The maximum absolute atomic E-state index is 12.8. The van der Waals surface area contributed by atoms with E-state index in [-0.39, 0.29) is 5.78 Å². The lowest BCUT2D eigenvalue weighted by molar-refractivity contribution is 0.0319. The van der Waals surface area contributed by atoms with Crippen LogP contribution in [0.4, 0.5) is 0 Å². The number of methoxy groups -OCH3 is 1. The molecule has 0 aliphatic rings. The van der Waals surface area contributed by atoms with Crippen LogP contribution in [0.1, 0.15) is 33.3 Å². The number of ketones is 1. The molecule has 0 bridgehead atoms. The van der Waals surface area contributed by atoms with Crippen molar-refractivity contribution in [1.29, 1.82) is 0 Å². The van der Waals surface area contributed by atoms with Crippen molar-refractivity contribution in [1.82, 2.24) is 4.98 Å². The third kappa shape index (κ3) is 3.26. The summed E-state index contributed by atoms with van der Waals surface area (Å²) in [6.45, 7) is 3.42. The molecule has 0 aliphatic carbocycles. The number of benzene rings is 2. The first kappa shape index (κ1) is 16.8. The molecular weight excluding hydrogens is 318 g/mol. The largest absolute Gasteiger partial charge is 0.497 e. The molecule has 3 rings (SSSR count). The molecular formula is C20H19NO4. The van der Waals surface area contributed by atoms with Crippen molar-refractivity contribution in [2.45, 2.75) is 20.0 Å². The van der Waals surface area contributed by atoms with Gasteiger partial charge in [-0.2, -0.15) is 0 Å². The number of ether oxygens (including phenoxy) is 2. The minimum absolute atomic E-state index is 0.230. The molecule has 1 aromatic heterocycles. The van der Waals surface area contributed by atoms with Gasteiger partial charge in [-0.25, -0.2) is 4.79 Å². The number of nitrogens with one attached hydrogen (secondary N) is 1. The maximum Gasteiger partial charge on any atom is 0.338 e. The van der Waals surface area contributed by atoms with Crippen LogP contribution in [0.25, 0.3) is 10.9 Å². The molecule has 5 nitrogen and oxygen atoms in total. The van der Waals surface area contributed by atoms with Gasteiger partial charge in [-0.15, -0.1) is 0 Å². The zero-order valence-corrected chi connectivity index (χ0v) is 14.3. The Balaban J connectivity index is 1.82. The number of aromatic amines is 1. The number of rotatable bonds is 5. The molecule has 0 aliphatic heterocycles. The Bertz CT molecular complexity index is 942. The predicted molar refractivity (Wildman–Crippen MR) is 95.2 cm³/mol. The number of hydrogen-bond donors (Lipinski definition) is 1. The van der Waals surface area contributed by atoms with E-state index in [0.717, 1.165) is 16.6 Å². The van der Waals surface area contributed by atoms with E-state index >= 15 is 0 Å². The van der Waals surface area contributed by atoms with E-state index in [4.69, 9.17) is 9.47 Å². The number of esters is 1. The number of hydrogen-bond acceptors (Lipinski definition) is 4. The van der Waals surface area contributed by atoms with Crippen molar-refractivity contribution in [2.75, 3.05) is 7.11 Å². The Morgan fingerprint density at radius 2 is 1.84 bits per heavy atom. The fourth-order valence-electron chi connectivity index (χ4n) is 2.83. The average Bonchev–Trinajstić information content (AvgIpc) is 2.96. The van der Waals surface area contributed by atoms with Crippen molar-refractivity contribution in [3.05, 3.63) is 65.4 Å². The van der Waals surface area contributed by atoms with Crippen LogP contribution >= 0.6 is 0 Å². The van der Waals surface area contributed by atoms with Crippen LogP contribution < -0.4 is 4.74 Å². The first-order chi connectivity index (χ1) is 12.0. The fourth-order valence-corrected chi connectivity index (χ4v) is 2.83. The van der Waals surface area contributed by atoms with Crippen molar-refractivity contribution in [2.24, 2.45) is 0 Å². The fraction of sp³-hybridized carbons (Fsp3) is 0.200. The Kier molecular flexibility index (Phi) is 4.57. The van der Waals surface area contributed by atoms with Crippen LogP contribution in [0, 0.1) is 6.92 Å². The first-order valence-electron chi connectivity index (χ1n) is 7.98. The number of Topliss-reactive ketones (excluding diaryl/α,β-unsaturated/α-hetero) is 1. The van der Waals surface area contributed by atoms with E-state index in [1.807, 2.05) is 31.2 Å². The van der Waals surface area contributed by atoms with E-state index in [1.165, 1.54) is 7.11 Å². The van der Waals surface area contributed by atoms with Crippen molar-refractivity contribution in [3.8, 4) is 5.75 Å². The third-order valence-corrected chi connectivity index (χ3v) is 4.10. The molecule has 1 N–H and O–H groups in total. The summed E-state index contributed by atoms with van der Waals surface area (Å²) in [4.78, 5) is 28.3. The number of aromatic nitrogens is 1. The zero-order chi connectivity index (χ0) is 18.0. The quantitative estimate of drug-likeness (QED) is 0.566. The summed E-state index contributed by atoms with van der Waals surface area (Å²) in [6, 6.07) is 14.2. The minimum Gasteiger partial charge on any atom is -0.497 e. The third-order valence-electron chi connectivity index (χ3n) is 4.10. The Morgan fingerprint density at radius 1 is 1.08 bits per heavy atom.